The van der Waals surface area contributed by atoms with E-state index in [2.05, 4.69) is 25.7 Å². The number of aliphatic hydroxyl groups is 1. The number of nitrogen functional groups attached to an aromatic ring is 1. The van der Waals surface area contributed by atoms with Gasteiger partial charge < -0.3 is 15.2 Å². The third-order valence-electron chi connectivity index (χ3n) is 1.64. The highest BCUT2D eigenvalue weighted by Gasteiger charge is 2.05. The van der Waals surface area contributed by atoms with Crippen molar-refractivity contribution >= 4 is 11.9 Å². The van der Waals surface area contributed by atoms with E-state index in [9.17, 15) is 0 Å². The predicted molar refractivity (Wildman–Crippen MR) is 59.0 cm³/mol. The summed E-state index contributed by atoms with van der Waals surface area (Å²) in [4.78, 5) is 11.9. The van der Waals surface area contributed by atoms with Gasteiger partial charge >= 0.3 is 6.01 Å². The van der Waals surface area contributed by atoms with Gasteiger partial charge in [0.15, 0.2) is 0 Å². The van der Waals surface area contributed by atoms with Crippen molar-refractivity contribution in [3.05, 3.63) is 0 Å². The molecule has 0 spiro atoms. The summed E-state index contributed by atoms with van der Waals surface area (Å²) in [7, 11) is 0. The van der Waals surface area contributed by atoms with Crippen LogP contribution in [0.15, 0.2) is 0 Å². The van der Waals surface area contributed by atoms with Gasteiger partial charge in [0.25, 0.3) is 0 Å². The fraction of sp³-hybridized carbons (Fsp3) is 0.625. The number of hydrogen-bond acceptors (Lipinski definition) is 8. The highest BCUT2D eigenvalue weighted by molar-refractivity contribution is 5.34. The summed E-state index contributed by atoms with van der Waals surface area (Å²) in [6.45, 7) is 2.97. The largest absolute Gasteiger partial charge is 0.464 e. The quantitative estimate of drug-likeness (QED) is 0.276. The Bertz CT molecular complexity index is 321. The minimum absolute atomic E-state index is 0.110. The molecule has 0 bridgehead atoms. The molecule has 0 amide bonds. The molecule has 5 N–H and O–H groups in total. The van der Waals surface area contributed by atoms with Crippen LogP contribution in [0.2, 0.25) is 0 Å². The van der Waals surface area contributed by atoms with Crippen molar-refractivity contribution in [2.45, 2.75) is 13.3 Å². The summed E-state index contributed by atoms with van der Waals surface area (Å²) in [6, 6.07) is 0.206. The molecule has 0 aromatic carbocycles. The highest BCUT2D eigenvalue weighted by Crippen LogP contribution is 2.09. The first-order valence-electron chi connectivity index (χ1n) is 5.00. The van der Waals surface area contributed by atoms with Crippen LogP contribution < -0.4 is 21.3 Å². The highest BCUT2D eigenvalue weighted by atomic mass is 16.5. The Balaban J connectivity index is 2.69. The van der Waals surface area contributed by atoms with Gasteiger partial charge in [-0.15, -0.1) is 0 Å². The second-order valence-corrected chi connectivity index (χ2v) is 2.85. The average Bonchev–Trinajstić information content (AvgIpc) is 2.29. The van der Waals surface area contributed by atoms with Crippen LogP contribution in [0.5, 0.6) is 6.01 Å². The third-order valence-corrected chi connectivity index (χ3v) is 1.64. The average molecular weight is 228 g/mol. The Morgan fingerprint density at radius 3 is 2.69 bits per heavy atom. The first kappa shape index (κ1) is 12.4. The fourth-order valence-electron chi connectivity index (χ4n) is 0.973. The van der Waals surface area contributed by atoms with E-state index in [0.717, 1.165) is 0 Å². The number of nitrogens with one attached hydrogen (secondary N) is 2. The van der Waals surface area contributed by atoms with E-state index >= 15 is 0 Å². The molecule has 0 saturated heterocycles. The molecular weight excluding hydrogens is 212 g/mol. The van der Waals surface area contributed by atoms with E-state index in [-0.39, 0.29) is 18.6 Å². The fourth-order valence-corrected chi connectivity index (χ4v) is 0.973. The van der Waals surface area contributed by atoms with Gasteiger partial charge in [0.05, 0.1) is 6.61 Å². The van der Waals surface area contributed by atoms with Gasteiger partial charge in [0.1, 0.15) is 0 Å². The van der Waals surface area contributed by atoms with Crippen LogP contribution in [-0.2, 0) is 0 Å². The normalized spacial score (nSPS) is 9.94. The maximum atomic E-state index is 8.63. The van der Waals surface area contributed by atoms with Crippen molar-refractivity contribution in [1.82, 2.24) is 15.0 Å². The second-order valence-electron chi connectivity index (χ2n) is 2.85. The number of nitrogens with two attached hydrogens (primary N) is 1. The molecule has 0 unspecified atom stereocenters. The summed E-state index contributed by atoms with van der Waals surface area (Å²) in [6.07, 6.45) is 0.612. The lowest BCUT2D eigenvalue weighted by atomic mass is 10.4. The summed E-state index contributed by atoms with van der Waals surface area (Å²) in [5, 5.41) is 11.6. The van der Waals surface area contributed by atoms with E-state index in [1.54, 1.807) is 0 Å². The Labute approximate surface area is 93.2 Å². The van der Waals surface area contributed by atoms with Gasteiger partial charge in [-0.1, -0.05) is 0 Å². The first-order chi connectivity index (χ1) is 7.80. The van der Waals surface area contributed by atoms with Crippen LogP contribution in [0.4, 0.5) is 11.9 Å². The SMILES string of the molecule is CCOc1nc(NN)nc(NCCCO)n1. The van der Waals surface area contributed by atoms with Crippen molar-refractivity contribution < 1.29 is 9.84 Å². The molecular formula is C8H16N6O2. The van der Waals surface area contributed by atoms with Crippen molar-refractivity contribution in [3.63, 3.8) is 0 Å². The van der Waals surface area contributed by atoms with Crippen LogP contribution >= 0.6 is 0 Å². The van der Waals surface area contributed by atoms with Gasteiger partial charge in [-0.2, -0.15) is 15.0 Å². The Morgan fingerprint density at radius 2 is 2.06 bits per heavy atom. The van der Waals surface area contributed by atoms with Crippen molar-refractivity contribution in [3.8, 4) is 6.01 Å². The smallest absolute Gasteiger partial charge is 0.323 e. The summed E-state index contributed by atoms with van der Waals surface area (Å²) >= 11 is 0. The van der Waals surface area contributed by atoms with Crippen LogP contribution in [0.3, 0.4) is 0 Å². The van der Waals surface area contributed by atoms with E-state index in [4.69, 9.17) is 15.7 Å². The zero-order valence-corrected chi connectivity index (χ0v) is 9.10. The Kier molecular flexibility index (Phi) is 5.23. The Hall–Kier alpha value is -1.67. The molecule has 90 valence electrons. The minimum Gasteiger partial charge on any atom is -0.464 e. The zero-order chi connectivity index (χ0) is 11.8. The van der Waals surface area contributed by atoms with Crippen molar-refractivity contribution in [1.29, 1.82) is 0 Å². The second kappa shape index (κ2) is 6.75. The number of ether oxygens (including phenoxy) is 1. The summed E-state index contributed by atoms with van der Waals surface area (Å²) in [5.74, 6) is 5.80. The number of aliphatic hydroxyl groups excluding tert-OH is 1. The summed E-state index contributed by atoms with van der Waals surface area (Å²) in [5.41, 5.74) is 2.32. The van der Waals surface area contributed by atoms with Gasteiger partial charge in [-0.05, 0) is 13.3 Å². The number of hydrogen-bond donors (Lipinski definition) is 4. The molecule has 0 aliphatic rings. The van der Waals surface area contributed by atoms with Gasteiger partial charge in [-0.3, -0.25) is 5.43 Å². The molecule has 0 aliphatic heterocycles. The summed E-state index contributed by atoms with van der Waals surface area (Å²) < 4.78 is 5.15. The monoisotopic (exact) mass is 228 g/mol. The molecule has 16 heavy (non-hydrogen) atoms. The standard InChI is InChI=1S/C8H16N6O2/c1-2-16-8-12-6(10-4-3-5-15)11-7(13-8)14-9/h15H,2-5,9H2,1H3,(H2,10,11,12,13,14). The number of nitrogens with zero attached hydrogens (tertiary/aromatic N) is 3. The zero-order valence-electron chi connectivity index (χ0n) is 9.10. The van der Waals surface area contributed by atoms with Crippen molar-refractivity contribution in [2.24, 2.45) is 5.84 Å². The topological polar surface area (TPSA) is 118 Å². The molecule has 8 nitrogen and oxygen atoms in total. The lowest BCUT2D eigenvalue weighted by Crippen LogP contribution is -2.15. The lowest BCUT2D eigenvalue weighted by Gasteiger charge is -2.07. The van der Waals surface area contributed by atoms with E-state index < -0.39 is 0 Å². The number of anilines is 2. The molecule has 1 aromatic heterocycles. The molecule has 0 radical (unpaired) electrons. The number of rotatable bonds is 7. The van der Waals surface area contributed by atoms with Gasteiger partial charge in [-0.25, -0.2) is 5.84 Å². The molecule has 8 heteroatoms. The van der Waals surface area contributed by atoms with Crippen molar-refractivity contribution in [2.75, 3.05) is 30.5 Å². The number of aromatic nitrogens is 3. The van der Waals surface area contributed by atoms with Crippen LogP contribution in [0.25, 0.3) is 0 Å². The van der Waals surface area contributed by atoms with Gasteiger partial charge in [0.2, 0.25) is 11.9 Å². The van der Waals surface area contributed by atoms with Crippen LogP contribution in [0, 0.1) is 0 Å². The third kappa shape index (κ3) is 3.83. The molecule has 0 atom stereocenters. The minimum atomic E-state index is 0.110. The lowest BCUT2D eigenvalue weighted by molar-refractivity contribution is 0.292. The first-order valence-corrected chi connectivity index (χ1v) is 5.00. The maximum Gasteiger partial charge on any atom is 0.323 e. The van der Waals surface area contributed by atoms with Gasteiger partial charge in [0, 0.05) is 13.2 Å². The number of hydrazine groups is 1. The molecule has 0 aliphatic carbocycles. The van der Waals surface area contributed by atoms with Crippen LogP contribution in [0.1, 0.15) is 13.3 Å². The molecule has 0 saturated carbocycles. The predicted octanol–water partition coefficient (Wildman–Crippen LogP) is -0.650. The van der Waals surface area contributed by atoms with E-state index in [0.29, 0.717) is 25.5 Å². The maximum absolute atomic E-state index is 8.63. The Morgan fingerprint density at radius 1 is 1.31 bits per heavy atom. The molecule has 0 fully saturated rings. The van der Waals surface area contributed by atoms with E-state index in [1.807, 2.05) is 6.92 Å². The molecule has 1 aromatic rings. The van der Waals surface area contributed by atoms with Crippen LogP contribution in [-0.4, -0.2) is 39.8 Å². The molecule has 1 rings (SSSR count). The van der Waals surface area contributed by atoms with E-state index in [1.165, 1.54) is 0 Å². The molecule has 1 heterocycles.